The summed E-state index contributed by atoms with van der Waals surface area (Å²) < 4.78 is 1.34. The summed E-state index contributed by atoms with van der Waals surface area (Å²) in [5, 5.41) is 19.0. The Labute approximate surface area is 148 Å². The van der Waals surface area contributed by atoms with Gasteiger partial charge in [-0.15, -0.1) is 0 Å². The van der Waals surface area contributed by atoms with Crippen LogP contribution in [0, 0.1) is 0 Å². The van der Waals surface area contributed by atoms with E-state index < -0.39 is 5.97 Å². The summed E-state index contributed by atoms with van der Waals surface area (Å²) in [6, 6.07) is 7.70. The lowest BCUT2D eigenvalue weighted by molar-refractivity contribution is -0.137. The number of hydrogen-bond acceptors (Lipinski definition) is 5. The van der Waals surface area contributed by atoms with Crippen LogP contribution in [0.1, 0.15) is 36.1 Å². The van der Waals surface area contributed by atoms with E-state index >= 15 is 0 Å². The standard InChI is InChI=1S/C18H18N2O4S/c21-16(22)8-2-1-5-9-20-17(23)15(25-18(20)24)10-12-11-19-14-7-4-3-6-13(12)14/h3-4,6-7,10-11,23H,1-2,5,8-9H2,(H,21,22)/b12-10+. The number of carboxylic acid groups (broad SMARTS) is 1. The van der Waals surface area contributed by atoms with Gasteiger partial charge in [0.05, 0.1) is 10.6 Å². The molecule has 0 bridgehead atoms. The van der Waals surface area contributed by atoms with Crippen molar-refractivity contribution >= 4 is 40.9 Å². The average Bonchev–Trinajstić information content (AvgIpc) is 3.10. The van der Waals surface area contributed by atoms with Crippen molar-refractivity contribution in [3.05, 3.63) is 44.4 Å². The second-order valence-corrected chi connectivity index (χ2v) is 6.78. The molecule has 0 amide bonds. The van der Waals surface area contributed by atoms with Gasteiger partial charge in [-0.25, -0.2) is 0 Å². The molecule has 7 heteroatoms. The highest BCUT2D eigenvalue weighted by atomic mass is 32.1. The predicted octanol–water partition coefficient (Wildman–Crippen LogP) is 3.52. The second-order valence-electron chi connectivity index (χ2n) is 5.79. The Kier molecular flexibility index (Phi) is 5.14. The van der Waals surface area contributed by atoms with Gasteiger partial charge >= 0.3 is 10.8 Å². The molecule has 0 radical (unpaired) electrons. The first-order chi connectivity index (χ1) is 12.1. The monoisotopic (exact) mass is 358 g/mol. The summed E-state index contributed by atoms with van der Waals surface area (Å²) >= 11 is 0.996. The first-order valence-corrected chi connectivity index (χ1v) is 8.87. The van der Waals surface area contributed by atoms with Crippen LogP contribution in [0.3, 0.4) is 0 Å². The number of carbonyl (C=O) groups is 1. The summed E-state index contributed by atoms with van der Waals surface area (Å²) in [6.07, 6.45) is 5.55. The van der Waals surface area contributed by atoms with E-state index in [1.54, 1.807) is 12.3 Å². The Morgan fingerprint density at radius 3 is 2.84 bits per heavy atom. The zero-order valence-corrected chi connectivity index (χ0v) is 14.3. The van der Waals surface area contributed by atoms with E-state index in [9.17, 15) is 14.7 Å². The molecule has 0 saturated carbocycles. The summed E-state index contributed by atoms with van der Waals surface area (Å²) in [4.78, 5) is 27.2. The number of aliphatic imine (C=N–C) groups is 1. The molecule has 1 aromatic heterocycles. The molecule has 1 aliphatic heterocycles. The number of unbranched alkanes of at least 4 members (excludes halogenated alkanes) is 2. The minimum atomic E-state index is -0.817. The van der Waals surface area contributed by atoms with Crippen LogP contribution in [0.2, 0.25) is 0 Å². The Bertz CT molecular complexity index is 908. The van der Waals surface area contributed by atoms with Crippen molar-refractivity contribution in [2.45, 2.75) is 32.2 Å². The van der Waals surface area contributed by atoms with Gasteiger partial charge in [-0.3, -0.25) is 19.1 Å². The Morgan fingerprint density at radius 2 is 2.04 bits per heavy atom. The Hall–Kier alpha value is -2.67. The third-order valence-corrected chi connectivity index (χ3v) is 4.93. The number of aromatic nitrogens is 1. The third-order valence-electron chi connectivity index (χ3n) is 4.01. The van der Waals surface area contributed by atoms with Crippen LogP contribution in [0.5, 0.6) is 5.88 Å². The molecule has 1 aliphatic rings. The number of para-hydroxylation sites is 1. The maximum absolute atomic E-state index is 12.1. The quantitative estimate of drug-likeness (QED) is 0.741. The minimum absolute atomic E-state index is 0.0430. The number of aliphatic carboxylic acids is 1. The van der Waals surface area contributed by atoms with E-state index in [1.807, 2.05) is 24.3 Å². The number of rotatable bonds is 7. The van der Waals surface area contributed by atoms with Crippen molar-refractivity contribution in [3.8, 4) is 5.88 Å². The summed E-state index contributed by atoms with van der Waals surface area (Å²) in [5.74, 6) is -0.860. The van der Waals surface area contributed by atoms with Crippen molar-refractivity contribution in [3.63, 3.8) is 0 Å². The summed E-state index contributed by atoms with van der Waals surface area (Å²) in [5.41, 5.74) is 2.71. The smallest absolute Gasteiger partial charge is 0.310 e. The van der Waals surface area contributed by atoms with Crippen LogP contribution in [-0.4, -0.2) is 27.0 Å². The van der Waals surface area contributed by atoms with Crippen molar-refractivity contribution in [1.29, 1.82) is 0 Å². The number of carboxylic acids is 1. The topological polar surface area (TPSA) is 91.9 Å². The Morgan fingerprint density at radius 1 is 1.24 bits per heavy atom. The summed E-state index contributed by atoms with van der Waals surface area (Å²) in [6.45, 7) is 0.384. The molecule has 0 spiro atoms. The maximum Gasteiger partial charge on any atom is 0.310 e. The molecule has 3 rings (SSSR count). The molecule has 0 atom stereocenters. The number of hydrogen-bond donors (Lipinski definition) is 2. The van der Waals surface area contributed by atoms with Crippen molar-refractivity contribution in [1.82, 2.24) is 4.57 Å². The zero-order valence-electron chi connectivity index (χ0n) is 13.5. The second kappa shape index (κ2) is 7.48. The molecule has 0 saturated heterocycles. The zero-order chi connectivity index (χ0) is 17.8. The molecule has 25 heavy (non-hydrogen) atoms. The van der Waals surface area contributed by atoms with E-state index in [4.69, 9.17) is 5.11 Å². The SMILES string of the molecule is O=C(O)CCCCCn1c(O)c(/C=C2\C=Nc3ccccc32)sc1=O. The van der Waals surface area contributed by atoms with Crippen LogP contribution >= 0.6 is 11.3 Å². The highest BCUT2D eigenvalue weighted by molar-refractivity contribution is 7.10. The number of benzene rings is 1. The van der Waals surface area contributed by atoms with E-state index in [0.717, 1.165) is 28.2 Å². The van der Waals surface area contributed by atoms with Gasteiger partial charge in [0.25, 0.3) is 0 Å². The normalized spacial score (nSPS) is 14.2. The number of thiazole rings is 1. The largest absolute Gasteiger partial charge is 0.493 e. The van der Waals surface area contributed by atoms with Crippen LogP contribution in [0.4, 0.5) is 5.69 Å². The lowest BCUT2D eigenvalue weighted by atomic mass is 10.1. The fourth-order valence-corrected chi connectivity index (χ4v) is 3.59. The molecule has 2 heterocycles. The van der Waals surface area contributed by atoms with Gasteiger partial charge < -0.3 is 10.2 Å². The Balaban J connectivity index is 1.73. The molecule has 130 valence electrons. The lowest BCUT2D eigenvalue weighted by Gasteiger charge is -2.03. The van der Waals surface area contributed by atoms with Crippen LogP contribution in [0.25, 0.3) is 11.6 Å². The van der Waals surface area contributed by atoms with Gasteiger partial charge in [0.15, 0.2) is 0 Å². The molecule has 2 aromatic rings. The number of nitrogens with zero attached hydrogens (tertiary/aromatic N) is 2. The van der Waals surface area contributed by atoms with Gasteiger partial charge in [0.1, 0.15) is 0 Å². The molecular weight excluding hydrogens is 340 g/mol. The highest BCUT2D eigenvalue weighted by Gasteiger charge is 2.16. The van der Waals surface area contributed by atoms with Crippen molar-refractivity contribution < 1.29 is 15.0 Å². The molecule has 0 unspecified atom stereocenters. The van der Waals surface area contributed by atoms with Crippen molar-refractivity contribution in [2.24, 2.45) is 4.99 Å². The van der Waals surface area contributed by atoms with Gasteiger partial charge in [-0.2, -0.15) is 0 Å². The predicted molar refractivity (Wildman–Crippen MR) is 98.8 cm³/mol. The molecular formula is C18H18N2O4S. The van der Waals surface area contributed by atoms with Crippen LogP contribution < -0.4 is 4.87 Å². The fraction of sp³-hybridized carbons (Fsp3) is 0.278. The summed E-state index contributed by atoms with van der Waals surface area (Å²) in [7, 11) is 0. The first-order valence-electron chi connectivity index (χ1n) is 8.06. The minimum Gasteiger partial charge on any atom is -0.493 e. The molecule has 0 fully saturated rings. The molecule has 6 nitrogen and oxygen atoms in total. The van der Waals surface area contributed by atoms with Gasteiger partial charge in [0, 0.05) is 30.3 Å². The van der Waals surface area contributed by atoms with E-state index in [2.05, 4.69) is 4.99 Å². The number of allylic oxidation sites excluding steroid dienone is 1. The molecule has 0 aliphatic carbocycles. The number of fused-ring (bicyclic) bond motifs is 1. The van der Waals surface area contributed by atoms with Gasteiger partial charge in [-0.05, 0) is 25.0 Å². The fourth-order valence-electron chi connectivity index (χ4n) is 2.72. The lowest BCUT2D eigenvalue weighted by Crippen LogP contribution is -2.12. The highest BCUT2D eigenvalue weighted by Crippen LogP contribution is 2.34. The van der Waals surface area contributed by atoms with Gasteiger partial charge in [0.2, 0.25) is 5.88 Å². The average molecular weight is 358 g/mol. The van der Waals surface area contributed by atoms with Crippen LogP contribution in [-0.2, 0) is 11.3 Å². The van der Waals surface area contributed by atoms with Crippen molar-refractivity contribution in [2.75, 3.05) is 0 Å². The van der Waals surface area contributed by atoms with Crippen LogP contribution in [0.15, 0.2) is 34.1 Å². The number of aromatic hydroxyl groups is 1. The first kappa shape index (κ1) is 17.2. The van der Waals surface area contributed by atoms with E-state index in [-0.39, 0.29) is 17.2 Å². The molecule has 2 N–H and O–H groups in total. The maximum atomic E-state index is 12.1. The molecule has 1 aromatic carbocycles. The van der Waals surface area contributed by atoms with E-state index in [0.29, 0.717) is 30.7 Å². The van der Waals surface area contributed by atoms with Gasteiger partial charge in [-0.1, -0.05) is 36.0 Å². The van der Waals surface area contributed by atoms with E-state index in [1.165, 1.54) is 4.57 Å². The third kappa shape index (κ3) is 3.88.